The second-order valence-electron chi connectivity index (χ2n) is 5.23. The van der Waals surface area contributed by atoms with E-state index in [1.54, 1.807) is 17.5 Å². The van der Waals surface area contributed by atoms with E-state index in [1.807, 2.05) is 13.0 Å². The molecule has 25 heavy (non-hydrogen) atoms. The van der Waals surface area contributed by atoms with Gasteiger partial charge in [0.05, 0.1) is 12.2 Å². The summed E-state index contributed by atoms with van der Waals surface area (Å²) >= 11 is 2.58. The van der Waals surface area contributed by atoms with Crippen LogP contribution < -0.4 is 4.72 Å². The van der Waals surface area contributed by atoms with Crippen molar-refractivity contribution in [2.45, 2.75) is 24.1 Å². The number of phenolic OH excluding ortho intramolecular Hbond substituents is 2. The number of aromatic nitrogens is 1. The van der Waals surface area contributed by atoms with Crippen molar-refractivity contribution in [1.29, 1.82) is 0 Å². The molecule has 3 N–H and O–H groups in total. The van der Waals surface area contributed by atoms with E-state index in [4.69, 9.17) is 0 Å². The molecule has 0 unspecified atom stereocenters. The molecule has 6 nitrogen and oxygen atoms in total. The normalized spacial score (nSPS) is 11.7. The molecule has 2 heterocycles. The van der Waals surface area contributed by atoms with Crippen LogP contribution in [0.3, 0.4) is 0 Å². The Balaban J connectivity index is 1.72. The van der Waals surface area contributed by atoms with E-state index in [2.05, 4.69) is 9.71 Å². The topological polar surface area (TPSA) is 99.5 Å². The van der Waals surface area contributed by atoms with Gasteiger partial charge in [-0.05, 0) is 36.8 Å². The number of hydrogen-bond donors (Lipinski definition) is 3. The fourth-order valence-corrected chi connectivity index (χ4v) is 5.29. The summed E-state index contributed by atoms with van der Waals surface area (Å²) < 4.78 is 27.5. The Bertz CT molecular complexity index is 992. The van der Waals surface area contributed by atoms with Crippen molar-refractivity contribution >= 4 is 32.7 Å². The summed E-state index contributed by atoms with van der Waals surface area (Å²) in [7, 11) is -3.55. The zero-order valence-corrected chi connectivity index (χ0v) is 15.7. The molecule has 0 fully saturated rings. The molecule has 132 valence electrons. The van der Waals surface area contributed by atoms with Crippen molar-refractivity contribution in [3.63, 3.8) is 0 Å². The average Bonchev–Trinajstić information content (AvgIpc) is 3.25. The summed E-state index contributed by atoms with van der Waals surface area (Å²) in [5.74, 6) is -0.425. The molecule has 9 heteroatoms. The summed E-state index contributed by atoms with van der Waals surface area (Å²) in [5, 5.41) is 21.3. The molecule has 0 amide bonds. The fraction of sp³-hybridized carbons (Fsp3) is 0.188. The van der Waals surface area contributed by atoms with Crippen LogP contribution in [-0.2, 0) is 23.0 Å². The molecule has 3 rings (SSSR count). The molecule has 0 aliphatic heterocycles. The quantitative estimate of drug-likeness (QED) is 0.555. The molecule has 1 aromatic carbocycles. The number of sulfonamides is 1. The second-order valence-corrected chi connectivity index (χ2v) is 9.33. The second kappa shape index (κ2) is 7.12. The molecule has 0 radical (unpaired) electrons. The van der Waals surface area contributed by atoms with Crippen LogP contribution in [-0.4, -0.2) is 23.6 Å². The molecular weight excluding hydrogens is 380 g/mol. The van der Waals surface area contributed by atoms with E-state index in [-0.39, 0.29) is 18.0 Å². The number of aryl methyl sites for hydroxylation is 1. The summed E-state index contributed by atoms with van der Waals surface area (Å²) in [4.78, 5) is 5.39. The van der Waals surface area contributed by atoms with Crippen LogP contribution in [0.4, 0.5) is 0 Å². The van der Waals surface area contributed by atoms with Crippen molar-refractivity contribution in [3.8, 4) is 22.8 Å². The van der Waals surface area contributed by atoms with E-state index >= 15 is 0 Å². The number of phenols is 2. The van der Waals surface area contributed by atoms with Crippen molar-refractivity contribution in [3.05, 3.63) is 45.6 Å². The zero-order chi connectivity index (χ0) is 18.0. The molecule has 0 spiro atoms. The van der Waals surface area contributed by atoms with Crippen LogP contribution in [0.1, 0.15) is 16.8 Å². The third kappa shape index (κ3) is 4.01. The van der Waals surface area contributed by atoms with Gasteiger partial charge in [0, 0.05) is 15.8 Å². The van der Waals surface area contributed by atoms with Gasteiger partial charge in [-0.1, -0.05) is 6.92 Å². The Morgan fingerprint density at radius 2 is 1.96 bits per heavy atom. The first-order chi connectivity index (χ1) is 11.9. The highest BCUT2D eigenvalue weighted by Crippen LogP contribution is 2.31. The highest BCUT2D eigenvalue weighted by molar-refractivity contribution is 7.91. The molecule has 0 aliphatic rings. The van der Waals surface area contributed by atoms with Crippen LogP contribution in [0.2, 0.25) is 0 Å². The average molecular weight is 397 g/mol. The first-order valence-electron chi connectivity index (χ1n) is 7.44. The van der Waals surface area contributed by atoms with Gasteiger partial charge in [0.1, 0.15) is 9.22 Å². The Morgan fingerprint density at radius 1 is 1.16 bits per heavy atom. The van der Waals surface area contributed by atoms with Crippen LogP contribution in [0.25, 0.3) is 11.3 Å². The smallest absolute Gasteiger partial charge is 0.250 e. The maximum Gasteiger partial charge on any atom is 0.250 e. The molecule has 0 bridgehead atoms. The number of thiazole rings is 1. The van der Waals surface area contributed by atoms with Gasteiger partial charge in [0.2, 0.25) is 10.0 Å². The Kier molecular flexibility index (Phi) is 5.09. The minimum absolute atomic E-state index is 0.0937. The first kappa shape index (κ1) is 17.9. The molecule has 0 saturated heterocycles. The third-order valence-electron chi connectivity index (χ3n) is 3.49. The third-order valence-corrected chi connectivity index (χ3v) is 7.46. The number of thiophene rings is 1. The van der Waals surface area contributed by atoms with Crippen LogP contribution in [0.5, 0.6) is 11.5 Å². The molecular formula is C16H16N2O4S3. The number of aromatic hydroxyl groups is 2. The summed E-state index contributed by atoms with van der Waals surface area (Å²) in [6.45, 7) is 2.07. The van der Waals surface area contributed by atoms with E-state index < -0.39 is 10.0 Å². The van der Waals surface area contributed by atoms with Gasteiger partial charge in [-0.3, -0.25) is 0 Å². The van der Waals surface area contributed by atoms with Crippen LogP contribution in [0.15, 0.2) is 39.9 Å². The van der Waals surface area contributed by atoms with E-state index in [1.165, 1.54) is 34.8 Å². The van der Waals surface area contributed by atoms with Crippen LogP contribution in [0, 0.1) is 0 Å². The Labute approximate surface area is 153 Å². The number of hydrogen-bond acceptors (Lipinski definition) is 7. The molecule has 2 aromatic heterocycles. The van der Waals surface area contributed by atoms with Gasteiger partial charge >= 0.3 is 0 Å². The van der Waals surface area contributed by atoms with Gasteiger partial charge < -0.3 is 10.2 Å². The summed E-state index contributed by atoms with van der Waals surface area (Å²) in [5.41, 5.74) is 1.25. The van der Waals surface area contributed by atoms with Crippen molar-refractivity contribution in [2.24, 2.45) is 0 Å². The predicted octanol–water partition coefficient (Wildman–Crippen LogP) is 3.32. The fourth-order valence-electron chi connectivity index (χ4n) is 2.13. The van der Waals surface area contributed by atoms with Crippen molar-refractivity contribution in [2.75, 3.05) is 0 Å². The maximum atomic E-state index is 12.3. The van der Waals surface area contributed by atoms with E-state index in [0.717, 1.165) is 11.3 Å². The van der Waals surface area contributed by atoms with Gasteiger partial charge in [0.15, 0.2) is 11.5 Å². The Hall–Kier alpha value is -1.94. The minimum Gasteiger partial charge on any atom is -0.504 e. The minimum atomic E-state index is -3.55. The zero-order valence-electron chi connectivity index (χ0n) is 13.3. The lowest BCUT2D eigenvalue weighted by atomic mass is 10.1. The lowest BCUT2D eigenvalue weighted by Gasteiger charge is -2.02. The van der Waals surface area contributed by atoms with Crippen LogP contribution >= 0.6 is 22.7 Å². The van der Waals surface area contributed by atoms with Crippen molar-refractivity contribution < 1.29 is 18.6 Å². The lowest BCUT2D eigenvalue weighted by Crippen LogP contribution is -2.22. The number of nitrogens with one attached hydrogen (secondary N) is 1. The SMILES string of the molecule is CCc1ccc(S(=O)(=O)NCc2nc(-c3ccc(O)c(O)c3)cs2)s1. The monoisotopic (exact) mass is 396 g/mol. The lowest BCUT2D eigenvalue weighted by molar-refractivity contribution is 0.404. The van der Waals surface area contributed by atoms with Gasteiger partial charge in [-0.25, -0.2) is 18.1 Å². The maximum absolute atomic E-state index is 12.3. The molecule has 0 aliphatic carbocycles. The highest BCUT2D eigenvalue weighted by Gasteiger charge is 2.17. The summed E-state index contributed by atoms with van der Waals surface area (Å²) in [6, 6.07) is 7.86. The Morgan fingerprint density at radius 3 is 2.64 bits per heavy atom. The highest BCUT2D eigenvalue weighted by atomic mass is 32.2. The largest absolute Gasteiger partial charge is 0.504 e. The first-order valence-corrected chi connectivity index (χ1v) is 10.6. The molecule has 3 aromatic rings. The van der Waals surface area contributed by atoms with E-state index in [9.17, 15) is 18.6 Å². The number of nitrogens with zero attached hydrogens (tertiary/aromatic N) is 1. The molecule has 0 saturated carbocycles. The van der Waals surface area contributed by atoms with Crippen molar-refractivity contribution in [1.82, 2.24) is 9.71 Å². The van der Waals surface area contributed by atoms with Gasteiger partial charge in [0.25, 0.3) is 0 Å². The number of benzene rings is 1. The summed E-state index contributed by atoms with van der Waals surface area (Å²) in [6.07, 6.45) is 0.801. The predicted molar refractivity (Wildman–Crippen MR) is 98.6 cm³/mol. The van der Waals surface area contributed by atoms with Gasteiger partial charge in [-0.15, -0.1) is 22.7 Å². The standard InChI is InChI=1S/C16H16N2O4S3/c1-2-11-4-6-16(24-11)25(21,22)17-8-15-18-12(9-23-15)10-3-5-13(19)14(20)7-10/h3-7,9,17,19-20H,2,8H2,1H3. The van der Waals surface area contributed by atoms with E-state index in [0.29, 0.717) is 20.5 Å². The molecule has 0 atom stereocenters. The number of rotatable bonds is 6. The van der Waals surface area contributed by atoms with Gasteiger partial charge in [-0.2, -0.15) is 0 Å².